The lowest BCUT2D eigenvalue weighted by atomic mass is 10.1. The second-order valence-corrected chi connectivity index (χ2v) is 4.94. The van der Waals surface area contributed by atoms with Gasteiger partial charge in [-0.3, -0.25) is 9.59 Å². The van der Waals surface area contributed by atoms with Crippen molar-refractivity contribution in [3.8, 4) is 0 Å². The van der Waals surface area contributed by atoms with Crippen molar-refractivity contribution in [1.29, 1.82) is 0 Å². The zero-order valence-electron chi connectivity index (χ0n) is 11.1. The minimum absolute atomic E-state index is 0.0448. The van der Waals surface area contributed by atoms with Gasteiger partial charge in [0.05, 0.1) is 5.92 Å². The van der Waals surface area contributed by atoms with E-state index in [0.717, 1.165) is 25.9 Å². The van der Waals surface area contributed by atoms with Crippen molar-refractivity contribution < 1.29 is 9.59 Å². The Hall–Kier alpha value is -1.14. The quantitative estimate of drug-likeness (QED) is 0.582. The molecule has 104 valence electrons. The molecule has 6 nitrogen and oxygen atoms in total. The third-order valence-corrected chi connectivity index (χ3v) is 3.33. The Labute approximate surface area is 108 Å². The molecule has 1 saturated heterocycles. The van der Waals surface area contributed by atoms with E-state index in [1.807, 2.05) is 7.05 Å². The van der Waals surface area contributed by atoms with Crippen LogP contribution in [0.15, 0.2) is 0 Å². The molecule has 18 heavy (non-hydrogen) atoms. The van der Waals surface area contributed by atoms with Crippen molar-refractivity contribution in [1.82, 2.24) is 9.80 Å². The number of rotatable bonds is 8. The summed E-state index contributed by atoms with van der Waals surface area (Å²) in [4.78, 5) is 26.6. The van der Waals surface area contributed by atoms with Gasteiger partial charge in [0.1, 0.15) is 0 Å². The summed E-state index contributed by atoms with van der Waals surface area (Å²) in [5.41, 5.74) is 10.7. The van der Waals surface area contributed by atoms with Gasteiger partial charge in [0.2, 0.25) is 11.8 Å². The predicted octanol–water partition coefficient (Wildman–Crippen LogP) is -1.01. The maximum Gasteiger partial charge on any atom is 0.223 e. The highest BCUT2D eigenvalue weighted by Crippen LogP contribution is 2.17. The molecule has 1 fully saturated rings. The highest BCUT2D eigenvalue weighted by Gasteiger charge is 2.32. The Kier molecular flexibility index (Phi) is 6.07. The summed E-state index contributed by atoms with van der Waals surface area (Å²) in [7, 11) is 2.05. The summed E-state index contributed by atoms with van der Waals surface area (Å²) < 4.78 is 0. The smallest absolute Gasteiger partial charge is 0.223 e. The first kappa shape index (κ1) is 14.9. The highest BCUT2D eigenvalue weighted by molar-refractivity contribution is 5.88. The van der Waals surface area contributed by atoms with Gasteiger partial charge >= 0.3 is 0 Å². The maximum absolute atomic E-state index is 11.6. The van der Waals surface area contributed by atoms with E-state index in [1.165, 1.54) is 0 Å². The van der Waals surface area contributed by atoms with E-state index < -0.39 is 0 Å². The Morgan fingerprint density at radius 3 is 2.67 bits per heavy atom. The number of nitrogens with zero attached hydrogens (tertiary/aromatic N) is 2. The molecule has 6 heteroatoms. The SMILES string of the molecule is CN(CCCN)CCCN1CC(C(N)=O)CC1=O. The molecule has 2 amide bonds. The predicted molar refractivity (Wildman–Crippen MR) is 69.7 cm³/mol. The van der Waals surface area contributed by atoms with E-state index in [9.17, 15) is 9.59 Å². The topological polar surface area (TPSA) is 92.7 Å². The molecule has 0 aliphatic carbocycles. The van der Waals surface area contributed by atoms with E-state index in [1.54, 1.807) is 4.90 Å². The van der Waals surface area contributed by atoms with Crippen molar-refractivity contribution in [2.24, 2.45) is 17.4 Å². The molecule has 0 aromatic rings. The van der Waals surface area contributed by atoms with Gasteiger partial charge in [0.15, 0.2) is 0 Å². The fraction of sp³-hybridized carbons (Fsp3) is 0.833. The molecule has 1 aliphatic heterocycles. The maximum atomic E-state index is 11.6. The Balaban J connectivity index is 2.20. The molecular formula is C12H24N4O2. The third kappa shape index (κ3) is 4.62. The summed E-state index contributed by atoms with van der Waals surface area (Å²) >= 11 is 0. The standard InChI is InChI=1S/C12H24N4O2/c1-15(5-2-4-13)6-3-7-16-9-10(12(14)18)8-11(16)17/h10H,2-9,13H2,1H3,(H2,14,18). The van der Waals surface area contributed by atoms with E-state index in [4.69, 9.17) is 11.5 Å². The van der Waals surface area contributed by atoms with Crippen LogP contribution in [0.25, 0.3) is 0 Å². The Bertz CT molecular complexity index is 296. The van der Waals surface area contributed by atoms with Crippen molar-refractivity contribution in [3.63, 3.8) is 0 Å². The second-order valence-electron chi connectivity index (χ2n) is 4.94. The van der Waals surface area contributed by atoms with Crippen molar-refractivity contribution in [2.45, 2.75) is 19.3 Å². The monoisotopic (exact) mass is 256 g/mol. The minimum atomic E-state index is -0.370. The summed E-state index contributed by atoms with van der Waals surface area (Å²) in [6, 6.07) is 0. The van der Waals surface area contributed by atoms with Crippen LogP contribution in [0, 0.1) is 5.92 Å². The molecule has 1 heterocycles. The first-order valence-electron chi connectivity index (χ1n) is 6.50. The highest BCUT2D eigenvalue weighted by atomic mass is 16.2. The molecule has 0 bridgehead atoms. The molecule has 1 rings (SSSR count). The second kappa shape index (κ2) is 7.33. The number of primary amides is 1. The Morgan fingerprint density at radius 1 is 1.44 bits per heavy atom. The summed E-state index contributed by atoms with van der Waals surface area (Å²) in [6.45, 7) is 3.81. The number of hydrogen-bond donors (Lipinski definition) is 2. The number of carbonyl (C=O) groups excluding carboxylic acids is 2. The fourth-order valence-corrected chi connectivity index (χ4v) is 2.18. The molecule has 0 spiro atoms. The molecule has 1 unspecified atom stereocenters. The lowest BCUT2D eigenvalue weighted by Gasteiger charge is -2.20. The van der Waals surface area contributed by atoms with Gasteiger partial charge in [-0.15, -0.1) is 0 Å². The number of carbonyl (C=O) groups is 2. The molecule has 1 atom stereocenters. The van der Waals surface area contributed by atoms with Crippen LogP contribution in [0.2, 0.25) is 0 Å². The van der Waals surface area contributed by atoms with Crippen LogP contribution in [0.4, 0.5) is 0 Å². The molecule has 0 aromatic carbocycles. The van der Waals surface area contributed by atoms with Gasteiger partial charge in [-0.1, -0.05) is 0 Å². The zero-order valence-corrected chi connectivity index (χ0v) is 11.1. The molecule has 4 N–H and O–H groups in total. The van der Waals surface area contributed by atoms with E-state index in [-0.39, 0.29) is 24.2 Å². The van der Waals surface area contributed by atoms with Gasteiger partial charge in [0.25, 0.3) is 0 Å². The van der Waals surface area contributed by atoms with E-state index in [2.05, 4.69) is 4.90 Å². The number of amides is 2. The zero-order chi connectivity index (χ0) is 13.5. The van der Waals surface area contributed by atoms with Gasteiger partial charge in [0, 0.05) is 19.5 Å². The van der Waals surface area contributed by atoms with Crippen LogP contribution in [-0.2, 0) is 9.59 Å². The van der Waals surface area contributed by atoms with Crippen molar-refractivity contribution >= 4 is 11.8 Å². The Morgan fingerprint density at radius 2 is 2.11 bits per heavy atom. The van der Waals surface area contributed by atoms with Gasteiger partial charge in [-0.25, -0.2) is 0 Å². The van der Waals surface area contributed by atoms with Crippen LogP contribution in [-0.4, -0.2) is 61.4 Å². The van der Waals surface area contributed by atoms with Crippen LogP contribution in [0.3, 0.4) is 0 Å². The van der Waals surface area contributed by atoms with Gasteiger partial charge < -0.3 is 21.3 Å². The summed E-state index contributed by atoms with van der Waals surface area (Å²) in [5, 5.41) is 0. The molecule has 0 radical (unpaired) electrons. The molecule has 0 saturated carbocycles. The first-order chi connectivity index (χ1) is 8.54. The van der Waals surface area contributed by atoms with Crippen LogP contribution in [0.1, 0.15) is 19.3 Å². The molecular weight excluding hydrogens is 232 g/mol. The van der Waals surface area contributed by atoms with Crippen molar-refractivity contribution in [3.05, 3.63) is 0 Å². The largest absolute Gasteiger partial charge is 0.369 e. The number of hydrogen-bond acceptors (Lipinski definition) is 4. The van der Waals surface area contributed by atoms with Crippen LogP contribution >= 0.6 is 0 Å². The summed E-state index contributed by atoms with van der Waals surface area (Å²) in [5.74, 6) is -0.623. The minimum Gasteiger partial charge on any atom is -0.369 e. The molecule has 1 aliphatic rings. The first-order valence-corrected chi connectivity index (χ1v) is 6.50. The fourth-order valence-electron chi connectivity index (χ4n) is 2.18. The lowest BCUT2D eigenvalue weighted by molar-refractivity contribution is -0.128. The average molecular weight is 256 g/mol. The third-order valence-electron chi connectivity index (χ3n) is 3.33. The van der Waals surface area contributed by atoms with Gasteiger partial charge in [-0.2, -0.15) is 0 Å². The lowest BCUT2D eigenvalue weighted by Crippen LogP contribution is -2.31. The van der Waals surface area contributed by atoms with Crippen LogP contribution < -0.4 is 11.5 Å². The summed E-state index contributed by atoms with van der Waals surface area (Å²) in [6.07, 6.45) is 2.18. The number of likely N-dealkylation sites (tertiary alicyclic amines) is 1. The van der Waals surface area contributed by atoms with Gasteiger partial charge in [-0.05, 0) is 39.5 Å². The van der Waals surface area contributed by atoms with E-state index >= 15 is 0 Å². The average Bonchev–Trinajstić information content (AvgIpc) is 2.69. The number of nitrogens with two attached hydrogens (primary N) is 2. The van der Waals surface area contributed by atoms with E-state index in [0.29, 0.717) is 19.6 Å². The van der Waals surface area contributed by atoms with Crippen molar-refractivity contribution in [2.75, 3.05) is 39.8 Å². The normalized spacial score (nSPS) is 19.8. The van der Waals surface area contributed by atoms with Crippen LogP contribution in [0.5, 0.6) is 0 Å². The molecule has 0 aromatic heterocycles.